The molecule has 0 saturated heterocycles. The molecule has 1 atom stereocenters. The van der Waals surface area contributed by atoms with E-state index in [0.717, 1.165) is 32.4 Å². The predicted octanol–water partition coefficient (Wildman–Crippen LogP) is 5.91. The second-order valence-corrected chi connectivity index (χ2v) is 9.36. The van der Waals surface area contributed by atoms with Crippen LogP contribution in [0.25, 0.3) is 5.69 Å². The molecule has 0 aliphatic rings. The van der Waals surface area contributed by atoms with E-state index in [1.807, 2.05) is 56.3 Å². The lowest BCUT2D eigenvalue weighted by molar-refractivity contribution is -0.384. The Morgan fingerprint density at radius 3 is 2.27 bits per heavy atom. The number of nitriles is 1. The van der Waals surface area contributed by atoms with Crippen LogP contribution in [-0.4, -0.2) is 21.6 Å². The van der Waals surface area contributed by atoms with E-state index in [0.29, 0.717) is 5.56 Å². The molecule has 1 amide bonds. The smallest absolute Gasteiger partial charge is 0.269 e. The Morgan fingerprint density at radius 1 is 1.05 bits per heavy atom. The Bertz CT molecular complexity index is 1490. The second kappa shape index (κ2) is 11.4. The summed E-state index contributed by atoms with van der Waals surface area (Å²) in [6.07, 6.45) is 1.58. The molecule has 0 bridgehead atoms. The van der Waals surface area contributed by atoms with E-state index in [9.17, 15) is 20.2 Å². The van der Waals surface area contributed by atoms with Gasteiger partial charge < -0.3 is 4.57 Å². The monoisotopic (exact) mass is 509 g/mol. The van der Waals surface area contributed by atoms with Gasteiger partial charge in [0.05, 0.1) is 17.2 Å². The number of carbonyl (C=O) groups excluding carboxylic acids is 1. The van der Waals surface area contributed by atoms with Crippen molar-refractivity contribution in [1.82, 2.24) is 9.99 Å². The topological polar surface area (TPSA) is 113 Å². The van der Waals surface area contributed by atoms with Crippen LogP contribution in [0.3, 0.4) is 0 Å². The van der Waals surface area contributed by atoms with Gasteiger partial charge in [-0.1, -0.05) is 42.1 Å². The molecule has 8 nitrogen and oxygen atoms in total. The fraction of sp³-hybridized carbons (Fsp3) is 0.107. The molecule has 0 fully saturated rings. The number of nitro benzene ring substituents is 1. The van der Waals surface area contributed by atoms with Crippen molar-refractivity contribution in [2.24, 2.45) is 5.10 Å². The lowest BCUT2D eigenvalue weighted by Gasteiger charge is -2.11. The molecule has 0 unspecified atom stereocenters. The van der Waals surface area contributed by atoms with Crippen LogP contribution in [0.2, 0.25) is 0 Å². The minimum atomic E-state index is -0.937. The molecule has 1 aromatic heterocycles. The molecule has 4 rings (SSSR count). The average molecular weight is 510 g/mol. The molecule has 1 heterocycles. The van der Waals surface area contributed by atoms with Crippen LogP contribution < -0.4 is 5.43 Å². The molecular formula is C28H23N5O3S. The Labute approximate surface area is 218 Å². The Hall–Kier alpha value is -4.68. The number of aryl methyl sites for hydroxylation is 1. The summed E-state index contributed by atoms with van der Waals surface area (Å²) in [5.41, 5.74) is 6.93. The number of rotatable bonds is 8. The first-order valence-electron chi connectivity index (χ1n) is 11.4. The lowest BCUT2D eigenvalue weighted by Crippen LogP contribution is -2.24. The largest absolute Gasteiger partial charge is 0.318 e. The minimum absolute atomic E-state index is 0.0678. The van der Waals surface area contributed by atoms with Crippen LogP contribution in [0.5, 0.6) is 0 Å². The number of non-ortho nitro benzene ring substituents is 1. The van der Waals surface area contributed by atoms with Gasteiger partial charge >= 0.3 is 0 Å². The zero-order valence-corrected chi connectivity index (χ0v) is 21.0. The third-order valence-corrected chi connectivity index (χ3v) is 6.77. The highest BCUT2D eigenvalue weighted by atomic mass is 32.2. The highest BCUT2D eigenvalue weighted by Crippen LogP contribution is 2.30. The van der Waals surface area contributed by atoms with Crippen molar-refractivity contribution in [3.8, 4) is 11.8 Å². The number of nitro groups is 1. The fourth-order valence-corrected chi connectivity index (χ4v) is 4.73. The van der Waals surface area contributed by atoms with E-state index in [2.05, 4.69) is 15.1 Å². The van der Waals surface area contributed by atoms with Crippen LogP contribution in [0.4, 0.5) is 5.69 Å². The maximum Gasteiger partial charge on any atom is 0.269 e. The first-order chi connectivity index (χ1) is 17.9. The van der Waals surface area contributed by atoms with Crippen molar-refractivity contribution in [2.75, 3.05) is 0 Å². The molecule has 184 valence electrons. The Kier molecular flexibility index (Phi) is 7.81. The van der Waals surface area contributed by atoms with E-state index in [1.165, 1.54) is 23.9 Å². The fourth-order valence-electron chi connectivity index (χ4n) is 3.91. The summed E-state index contributed by atoms with van der Waals surface area (Å²) < 4.78 is 2.09. The van der Waals surface area contributed by atoms with Gasteiger partial charge in [-0.15, -0.1) is 0 Å². The molecule has 9 heteroatoms. The first kappa shape index (κ1) is 25.4. The standard InChI is InChI=1S/C28H23N5O3S/c1-19-16-22(18-30-31-28(34)27(17-29)21-6-4-3-5-7-21)20(2)32(19)23-8-12-25(13-9-23)37-26-14-10-24(11-15-26)33(35)36/h3-16,18,27H,1-2H3,(H,31,34)/b30-18-/t27-/m0/s1. The van der Waals surface area contributed by atoms with Crippen LogP contribution in [0.1, 0.15) is 28.4 Å². The summed E-state index contributed by atoms with van der Waals surface area (Å²) in [6.45, 7) is 3.96. The van der Waals surface area contributed by atoms with Gasteiger partial charge in [-0.25, -0.2) is 5.43 Å². The quantitative estimate of drug-likeness (QED) is 0.180. The van der Waals surface area contributed by atoms with E-state index >= 15 is 0 Å². The molecule has 0 aliphatic heterocycles. The highest BCUT2D eigenvalue weighted by Gasteiger charge is 2.19. The number of amides is 1. The minimum Gasteiger partial charge on any atom is -0.318 e. The number of hydrogen-bond donors (Lipinski definition) is 1. The van der Waals surface area contributed by atoms with E-state index < -0.39 is 16.7 Å². The Balaban J connectivity index is 1.45. The molecule has 3 aromatic carbocycles. The zero-order chi connectivity index (χ0) is 26.4. The van der Waals surface area contributed by atoms with Gasteiger partial charge in [-0.05, 0) is 61.9 Å². The van der Waals surface area contributed by atoms with Gasteiger partial charge in [0.15, 0.2) is 5.92 Å². The number of aromatic nitrogens is 1. The van der Waals surface area contributed by atoms with Crippen molar-refractivity contribution >= 4 is 29.6 Å². The molecular weight excluding hydrogens is 486 g/mol. The Morgan fingerprint density at radius 2 is 1.68 bits per heavy atom. The van der Waals surface area contributed by atoms with Crippen molar-refractivity contribution in [2.45, 2.75) is 29.6 Å². The van der Waals surface area contributed by atoms with Crippen molar-refractivity contribution in [3.63, 3.8) is 0 Å². The molecule has 0 radical (unpaired) electrons. The summed E-state index contributed by atoms with van der Waals surface area (Å²) in [4.78, 5) is 24.8. The van der Waals surface area contributed by atoms with Crippen LogP contribution >= 0.6 is 11.8 Å². The summed E-state index contributed by atoms with van der Waals surface area (Å²) >= 11 is 1.53. The number of benzene rings is 3. The van der Waals surface area contributed by atoms with Gasteiger partial charge in [0.2, 0.25) is 0 Å². The predicted molar refractivity (Wildman–Crippen MR) is 143 cm³/mol. The van der Waals surface area contributed by atoms with Gasteiger partial charge in [-0.2, -0.15) is 10.4 Å². The normalized spacial score (nSPS) is 11.7. The van der Waals surface area contributed by atoms with Gasteiger partial charge in [0, 0.05) is 44.6 Å². The maximum absolute atomic E-state index is 12.5. The van der Waals surface area contributed by atoms with Crippen LogP contribution in [-0.2, 0) is 4.79 Å². The molecule has 0 aliphatic carbocycles. The molecule has 37 heavy (non-hydrogen) atoms. The summed E-state index contributed by atoms with van der Waals surface area (Å²) in [5.74, 6) is -1.42. The molecule has 0 saturated carbocycles. The first-order valence-corrected chi connectivity index (χ1v) is 12.2. The summed E-state index contributed by atoms with van der Waals surface area (Å²) in [5, 5.41) is 24.3. The van der Waals surface area contributed by atoms with Crippen LogP contribution in [0.15, 0.2) is 99.8 Å². The summed E-state index contributed by atoms with van der Waals surface area (Å²) in [6, 6.07) is 27.3. The van der Waals surface area contributed by atoms with Crippen molar-refractivity contribution < 1.29 is 9.72 Å². The van der Waals surface area contributed by atoms with E-state index in [4.69, 9.17) is 0 Å². The lowest BCUT2D eigenvalue weighted by atomic mass is 10.0. The number of hydrazone groups is 1. The molecule has 0 spiro atoms. The molecule has 4 aromatic rings. The van der Waals surface area contributed by atoms with E-state index in [1.54, 1.807) is 42.6 Å². The third-order valence-electron chi connectivity index (χ3n) is 5.75. The molecule has 1 N–H and O–H groups in total. The summed E-state index contributed by atoms with van der Waals surface area (Å²) in [7, 11) is 0. The highest BCUT2D eigenvalue weighted by molar-refractivity contribution is 7.99. The second-order valence-electron chi connectivity index (χ2n) is 8.22. The van der Waals surface area contributed by atoms with Gasteiger partial charge in [0.25, 0.3) is 11.6 Å². The maximum atomic E-state index is 12.5. The number of carbonyl (C=O) groups is 1. The van der Waals surface area contributed by atoms with Crippen LogP contribution in [0, 0.1) is 35.3 Å². The van der Waals surface area contributed by atoms with Gasteiger partial charge in [-0.3, -0.25) is 14.9 Å². The van der Waals surface area contributed by atoms with Crippen molar-refractivity contribution in [3.05, 3.63) is 118 Å². The third kappa shape index (κ3) is 5.94. The van der Waals surface area contributed by atoms with Crippen molar-refractivity contribution in [1.29, 1.82) is 5.26 Å². The van der Waals surface area contributed by atoms with E-state index in [-0.39, 0.29) is 5.69 Å². The average Bonchev–Trinajstić information content (AvgIpc) is 3.18. The SMILES string of the molecule is Cc1cc(/C=N\NC(=O)[C@@H](C#N)c2ccccc2)c(C)n1-c1ccc(Sc2ccc([N+](=O)[O-])cc2)cc1. The number of nitrogens with zero attached hydrogens (tertiary/aromatic N) is 4. The zero-order valence-electron chi connectivity index (χ0n) is 20.2. The van der Waals surface area contributed by atoms with Gasteiger partial charge in [0.1, 0.15) is 0 Å². The number of hydrogen-bond acceptors (Lipinski definition) is 6. The number of nitrogens with one attached hydrogen (secondary N) is 1.